The van der Waals surface area contributed by atoms with E-state index >= 15 is 0 Å². The fourth-order valence-electron chi connectivity index (χ4n) is 2.21. The minimum atomic E-state index is 0.382. The highest BCUT2D eigenvalue weighted by molar-refractivity contribution is 7.80. The molecule has 0 unspecified atom stereocenters. The van der Waals surface area contributed by atoms with Crippen LogP contribution < -0.4 is 10.6 Å². The number of hydrogen-bond acceptors (Lipinski definition) is 2. The Hall–Kier alpha value is -0.800. The molecule has 98 valence electrons. The molecule has 18 heavy (non-hydrogen) atoms. The molecule has 1 aromatic rings. The molecule has 0 atom stereocenters. The predicted octanol–water partition coefficient (Wildman–Crippen LogP) is 3.60. The van der Waals surface area contributed by atoms with E-state index in [0.717, 1.165) is 36.7 Å². The standard InChI is InChI=1S/C14H19ClN2S/c1-2-8-17(9-10-6-7-10)12-5-3-4-11(15)13(12)14(16)18/h3-5,10H,2,6-9H2,1H3,(H2,16,18). The van der Waals surface area contributed by atoms with Gasteiger partial charge in [-0.2, -0.15) is 0 Å². The summed E-state index contributed by atoms with van der Waals surface area (Å²) in [6, 6.07) is 5.88. The monoisotopic (exact) mass is 282 g/mol. The molecule has 0 aromatic heterocycles. The van der Waals surface area contributed by atoms with E-state index in [2.05, 4.69) is 17.9 Å². The fraction of sp³-hybridized carbons (Fsp3) is 0.500. The molecule has 0 radical (unpaired) electrons. The van der Waals surface area contributed by atoms with E-state index in [4.69, 9.17) is 29.6 Å². The minimum absolute atomic E-state index is 0.382. The molecule has 2 N–H and O–H groups in total. The van der Waals surface area contributed by atoms with Gasteiger partial charge in [0.05, 0.1) is 10.6 Å². The lowest BCUT2D eigenvalue weighted by Crippen LogP contribution is -2.29. The van der Waals surface area contributed by atoms with Gasteiger partial charge in [0, 0.05) is 18.8 Å². The van der Waals surface area contributed by atoms with Gasteiger partial charge >= 0.3 is 0 Å². The summed E-state index contributed by atoms with van der Waals surface area (Å²) in [6.45, 7) is 4.29. The van der Waals surface area contributed by atoms with E-state index in [1.54, 1.807) is 0 Å². The normalized spacial score (nSPS) is 14.6. The van der Waals surface area contributed by atoms with Crippen LogP contribution in [-0.4, -0.2) is 18.1 Å². The molecular formula is C14H19ClN2S. The molecule has 2 nitrogen and oxygen atoms in total. The Morgan fingerprint density at radius 1 is 1.50 bits per heavy atom. The van der Waals surface area contributed by atoms with Gasteiger partial charge in [0.25, 0.3) is 0 Å². The van der Waals surface area contributed by atoms with Crippen molar-refractivity contribution in [2.75, 3.05) is 18.0 Å². The van der Waals surface area contributed by atoms with Crippen molar-refractivity contribution < 1.29 is 0 Å². The Labute approximate surface area is 119 Å². The SMILES string of the molecule is CCCN(CC1CC1)c1cccc(Cl)c1C(N)=S. The third-order valence-electron chi connectivity index (χ3n) is 3.25. The third kappa shape index (κ3) is 3.15. The predicted molar refractivity (Wildman–Crippen MR) is 82.6 cm³/mol. The summed E-state index contributed by atoms with van der Waals surface area (Å²) in [5.41, 5.74) is 7.73. The quantitative estimate of drug-likeness (QED) is 0.809. The smallest absolute Gasteiger partial charge is 0.107 e. The molecule has 1 aliphatic rings. The molecule has 0 amide bonds. The van der Waals surface area contributed by atoms with Crippen LogP contribution in [-0.2, 0) is 0 Å². The van der Waals surface area contributed by atoms with Crippen LogP contribution in [0.2, 0.25) is 5.02 Å². The van der Waals surface area contributed by atoms with Crippen molar-refractivity contribution in [3.8, 4) is 0 Å². The molecule has 2 rings (SSSR count). The third-order valence-corrected chi connectivity index (χ3v) is 3.77. The lowest BCUT2D eigenvalue weighted by Gasteiger charge is -2.27. The van der Waals surface area contributed by atoms with Gasteiger partial charge in [-0.1, -0.05) is 36.8 Å². The number of hydrogen-bond donors (Lipinski definition) is 1. The average molecular weight is 283 g/mol. The lowest BCUT2D eigenvalue weighted by molar-refractivity contribution is 0.708. The number of thiocarbonyl (C=S) groups is 1. The summed E-state index contributed by atoms with van der Waals surface area (Å²) in [4.78, 5) is 2.76. The summed E-state index contributed by atoms with van der Waals surface area (Å²) in [7, 11) is 0. The van der Waals surface area contributed by atoms with Crippen LogP contribution in [0.15, 0.2) is 18.2 Å². The highest BCUT2D eigenvalue weighted by Gasteiger charge is 2.25. The van der Waals surface area contributed by atoms with Gasteiger partial charge in [0.15, 0.2) is 0 Å². The molecular weight excluding hydrogens is 264 g/mol. The van der Waals surface area contributed by atoms with Gasteiger partial charge in [-0.25, -0.2) is 0 Å². The first-order valence-corrected chi connectivity index (χ1v) is 7.25. The zero-order valence-electron chi connectivity index (χ0n) is 10.7. The molecule has 1 aromatic carbocycles. The zero-order valence-corrected chi connectivity index (χ0v) is 12.2. The van der Waals surface area contributed by atoms with Crippen LogP contribution in [0.1, 0.15) is 31.7 Å². The number of rotatable bonds is 6. The fourth-order valence-corrected chi connectivity index (χ4v) is 2.75. The topological polar surface area (TPSA) is 29.3 Å². The molecule has 4 heteroatoms. The summed E-state index contributed by atoms with van der Waals surface area (Å²) in [6.07, 6.45) is 3.78. The largest absolute Gasteiger partial charge is 0.389 e. The number of nitrogens with zero attached hydrogens (tertiary/aromatic N) is 1. The summed E-state index contributed by atoms with van der Waals surface area (Å²) in [5.74, 6) is 0.828. The second-order valence-corrected chi connectivity index (χ2v) is 5.73. The lowest BCUT2D eigenvalue weighted by atomic mass is 10.1. The van der Waals surface area contributed by atoms with Crippen molar-refractivity contribution in [1.29, 1.82) is 0 Å². The summed E-state index contributed by atoms with van der Waals surface area (Å²) >= 11 is 11.4. The maximum Gasteiger partial charge on any atom is 0.107 e. The van der Waals surface area contributed by atoms with Gasteiger partial charge in [-0.05, 0) is 37.3 Å². The molecule has 1 fully saturated rings. The second-order valence-electron chi connectivity index (χ2n) is 4.89. The van der Waals surface area contributed by atoms with Crippen molar-refractivity contribution in [3.05, 3.63) is 28.8 Å². The van der Waals surface area contributed by atoms with Crippen LogP contribution in [0.3, 0.4) is 0 Å². The minimum Gasteiger partial charge on any atom is -0.389 e. The molecule has 0 spiro atoms. The van der Waals surface area contributed by atoms with Crippen molar-refractivity contribution >= 4 is 34.5 Å². The van der Waals surface area contributed by atoms with Crippen LogP contribution >= 0.6 is 23.8 Å². The van der Waals surface area contributed by atoms with Gasteiger partial charge < -0.3 is 10.6 Å². The Kier molecular flexibility index (Phi) is 4.46. The molecule has 1 aliphatic carbocycles. The van der Waals surface area contributed by atoms with Crippen LogP contribution in [0, 0.1) is 5.92 Å². The first kappa shape index (κ1) is 13.6. The van der Waals surface area contributed by atoms with E-state index in [9.17, 15) is 0 Å². The number of anilines is 1. The molecule has 0 saturated heterocycles. The first-order valence-electron chi connectivity index (χ1n) is 6.46. The van der Waals surface area contributed by atoms with Gasteiger partial charge in [-0.15, -0.1) is 0 Å². The van der Waals surface area contributed by atoms with Crippen molar-refractivity contribution in [2.24, 2.45) is 11.7 Å². The summed E-state index contributed by atoms with van der Waals surface area (Å²) < 4.78 is 0. The van der Waals surface area contributed by atoms with Gasteiger partial charge in [-0.3, -0.25) is 0 Å². The zero-order chi connectivity index (χ0) is 13.1. The van der Waals surface area contributed by atoms with E-state index in [1.165, 1.54) is 12.8 Å². The summed E-state index contributed by atoms with van der Waals surface area (Å²) in [5, 5.41) is 0.650. The van der Waals surface area contributed by atoms with E-state index in [0.29, 0.717) is 10.0 Å². The van der Waals surface area contributed by atoms with Crippen molar-refractivity contribution in [1.82, 2.24) is 0 Å². The van der Waals surface area contributed by atoms with E-state index in [-0.39, 0.29) is 0 Å². The number of benzene rings is 1. The Morgan fingerprint density at radius 3 is 2.78 bits per heavy atom. The molecule has 0 heterocycles. The van der Waals surface area contributed by atoms with Crippen molar-refractivity contribution in [3.63, 3.8) is 0 Å². The maximum atomic E-state index is 6.23. The molecule has 0 bridgehead atoms. The van der Waals surface area contributed by atoms with Crippen LogP contribution in [0.4, 0.5) is 5.69 Å². The van der Waals surface area contributed by atoms with Crippen LogP contribution in [0.5, 0.6) is 0 Å². The first-order chi connectivity index (χ1) is 8.63. The Bertz CT molecular complexity index is 443. The highest BCUT2D eigenvalue weighted by atomic mass is 35.5. The highest BCUT2D eigenvalue weighted by Crippen LogP contribution is 2.34. The van der Waals surface area contributed by atoms with Gasteiger partial charge in [0.2, 0.25) is 0 Å². The van der Waals surface area contributed by atoms with E-state index in [1.807, 2.05) is 12.1 Å². The average Bonchev–Trinajstić information content (AvgIpc) is 3.11. The number of halogens is 1. The molecule has 1 saturated carbocycles. The maximum absolute atomic E-state index is 6.23. The van der Waals surface area contributed by atoms with Crippen LogP contribution in [0.25, 0.3) is 0 Å². The van der Waals surface area contributed by atoms with Crippen molar-refractivity contribution in [2.45, 2.75) is 26.2 Å². The number of nitrogens with two attached hydrogens (primary N) is 1. The Balaban J connectivity index is 2.32. The Morgan fingerprint density at radius 2 is 2.22 bits per heavy atom. The van der Waals surface area contributed by atoms with E-state index < -0.39 is 0 Å². The second kappa shape index (κ2) is 5.89. The van der Waals surface area contributed by atoms with Gasteiger partial charge in [0.1, 0.15) is 4.99 Å². The molecule has 0 aliphatic heterocycles.